The number of rotatable bonds is 6. The van der Waals surface area contributed by atoms with Crippen LogP contribution in [0.5, 0.6) is 5.75 Å². The molecular formula is C22H24ClCsO4. The van der Waals surface area contributed by atoms with Crippen molar-refractivity contribution in [2.45, 2.75) is 45.3 Å². The minimum atomic E-state index is -0.263. The molecule has 2 atom stereocenters. The maximum absolute atomic E-state index is 11.2. The molecule has 0 bridgehead atoms. The predicted molar refractivity (Wildman–Crippen MR) is 105 cm³/mol. The van der Waals surface area contributed by atoms with Crippen molar-refractivity contribution in [3.63, 3.8) is 0 Å². The van der Waals surface area contributed by atoms with Crippen LogP contribution in [-0.4, -0.2) is 18.7 Å². The summed E-state index contributed by atoms with van der Waals surface area (Å²) >= 11 is 6.42. The van der Waals surface area contributed by atoms with Gasteiger partial charge in [-0.3, -0.25) is 4.79 Å². The number of hydrogen-bond acceptors (Lipinski definition) is 4. The van der Waals surface area contributed by atoms with E-state index < -0.39 is 0 Å². The fourth-order valence-corrected chi connectivity index (χ4v) is 3.42. The predicted octanol–water partition coefficient (Wildman–Crippen LogP) is 2.28. The van der Waals surface area contributed by atoms with Gasteiger partial charge in [0.1, 0.15) is 5.75 Å². The Morgan fingerprint density at radius 2 is 2.00 bits per heavy atom. The van der Waals surface area contributed by atoms with Crippen LogP contribution in [0.25, 0.3) is 0 Å². The van der Waals surface area contributed by atoms with Gasteiger partial charge in [-0.05, 0) is 48.2 Å². The third kappa shape index (κ3) is 7.06. The third-order valence-corrected chi connectivity index (χ3v) is 4.87. The number of benzene rings is 2. The van der Waals surface area contributed by atoms with E-state index in [1.54, 1.807) is 6.61 Å². The van der Waals surface area contributed by atoms with Gasteiger partial charge < -0.3 is 14.2 Å². The van der Waals surface area contributed by atoms with Gasteiger partial charge in [0.05, 0.1) is 18.8 Å². The van der Waals surface area contributed by atoms with Crippen molar-refractivity contribution in [2.24, 2.45) is 0 Å². The number of ether oxygens (including phenoxy) is 3. The van der Waals surface area contributed by atoms with Gasteiger partial charge in [-0.25, -0.2) is 6.61 Å². The molecule has 1 heterocycles. The van der Waals surface area contributed by atoms with Crippen molar-refractivity contribution >= 4 is 17.6 Å². The summed E-state index contributed by atoms with van der Waals surface area (Å²) in [7, 11) is 0. The molecule has 1 saturated heterocycles. The monoisotopic (exact) mass is 520 g/mol. The average Bonchev–Trinajstić information content (AvgIpc) is 2.65. The molecule has 3 rings (SSSR count). The third-order valence-electron chi connectivity index (χ3n) is 4.50. The molecule has 0 N–H and O–H groups in total. The molecule has 28 heavy (non-hydrogen) atoms. The van der Waals surface area contributed by atoms with E-state index in [-0.39, 0.29) is 87.1 Å². The minimum absolute atomic E-state index is 0. The molecule has 0 aromatic heterocycles. The van der Waals surface area contributed by atoms with Gasteiger partial charge >= 0.3 is 74.9 Å². The van der Waals surface area contributed by atoms with Gasteiger partial charge in [0.15, 0.2) is 0 Å². The van der Waals surface area contributed by atoms with Gasteiger partial charge in [0.2, 0.25) is 0 Å². The molecule has 2 aromatic rings. The Labute approximate surface area is 230 Å². The first-order valence-corrected chi connectivity index (χ1v) is 9.57. The standard InChI is InChI=1S/C22H24ClO4.Cs/c1-3-25-19-7-4-16(5-8-19)12-18-13-17(6-9-21(18)23)22-14-20(10-11-26-22)27-15(2)24;/h4-9,11,13,20,22H,3,10,12,14H2,1-2H3;/q-1;+1/t20?,22-;/m1./s1. The first kappa shape index (κ1) is 24.3. The molecular weight excluding hydrogens is 497 g/mol. The molecule has 4 nitrogen and oxygen atoms in total. The van der Waals surface area contributed by atoms with E-state index in [2.05, 4.69) is 18.2 Å². The molecule has 0 radical (unpaired) electrons. The summed E-state index contributed by atoms with van der Waals surface area (Å²) in [4.78, 5) is 11.2. The van der Waals surface area contributed by atoms with Crippen LogP contribution >= 0.6 is 11.6 Å². The first-order valence-electron chi connectivity index (χ1n) is 9.19. The Morgan fingerprint density at radius 3 is 2.68 bits per heavy atom. The fraction of sp³-hybridized carbons (Fsp3) is 0.364. The topological polar surface area (TPSA) is 44.8 Å². The smallest absolute Gasteiger partial charge is 0.546 e. The average molecular weight is 521 g/mol. The maximum Gasteiger partial charge on any atom is 1.00 e. The van der Waals surface area contributed by atoms with E-state index in [1.165, 1.54) is 6.92 Å². The van der Waals surface area contributed by atoms with Crippen molar-refractivity contribution in [2.75, 3.05) is 6.61 Å². The molecule has 0 aliphatic carbocycles. The number of halogens is 1. The molecule has 0 spiro atoms. The second-order valence-corrected chi connectivity index (χ2v) is 7.01. The summed E-state index contributed by atoms with van der Waals surface area (Å²) in [6, 6.07) is 14.0. The number of carbonyl (C=O) groups excluding carboxylic acids is 1. The molecule has 1 aliphatic rings. The van der Waals surface area contributed by atoms with Crippen LogP contribution < -0.4 is 73.6 Å². The van der Waals surface area contributed by atoms with Crippen LogP contribution in [0.15, 0.2) is 42.5 Å². The Morgan fingerprint density at radius 1 is 1.25 bits per heavy atom. The van der Waals surface area contributed by atoms with Crippen molar-refractivity contribution < 1.29 is 87.9 Å². The zero-order valence-electron chi connectivity index (χ0n) is 16.6. The van der Waals surface area contributed by atoms with Crippen LogP contribution in [0.3, 0.4) is 0 Å². The van der Waals surface area contributed by atoms with Crippen LogP contribution in [0.4, 0.5) is 0 Å². The summed E-state index contributed by atoms with van der Waals surface area (Å²) in [5.74, 6) is 0.602. The van der Waals surface area contributed by atoms with Gasteiger partial charge in [-0.15, -0.1) is 6.42 Å². The van der Waals surface area contributed by atoms with Crippen LogP contribution in [0.2, 0.25) is 5.02 Å². The number of carbonyl (C=O) groups is 1. The van der Waals surface area contributed by atoms with E-state index in [1.807, 2.05) is 31.2 Å². The van der Waals surface area contributed by atoms with Crippen molar-refractivity contribution in [1.82, 2.24) is 0 Å². The molecule has 1 aliphatic heterocycles. The van der Waals surface area contributed by atoms with Crippen molar-refractivity contribution in [3.8, 4) is 5.75 Å². The van der Waals surface area contributed by atoms with Gasteiger partial charge in [0, 0.05) is 18.4 Å². The van der Waals surface area contributed by atoms with E-state index in [0.717, 1.165) is 33.9 Å². The number of hydrogen-bond donors (Lipinski definition) is 0. The zero-order chi connectivity index (χ0) is 19.2. The summed E-state index contributed by atoms with van der Waals surface area (Å²) in [6.45, 7) is 5.78. The van der Waals surface area contributed by atoms with Crippen molar-refractivity contribution in [3.05, 3.63) is 70.8 Å². The van der Waals surface area contributed by atoms with E-state index >= 15 is 0 Å². The fourth-order valence-electron chi connectivity index (χ4n) is 3.24. The van der Waals surface area contributed by atoms with Gasteiger partial charge in [0.25, 0.3) is 0 Å². The second kappa shape index (κ2) is 12.0. The van der Waals surface area contributed by atoms with Crippen LogP contribution in [-0.2, 0) is 20.7 Å². The summed E-state index contributed by atoms with van der Waals surface area (Å²) in [6.07, 6.45) is 1.69. The quantitative estimate of drug-likeness (QED) is 0.433. The number of esters is 1. The molecule has 2 aromatic carbocycles. The Balaban J connectivity index is 0.00000280. The summed E-state index contributed by atoms with van der Waals surface area (Å²) in [5.41, 5.74) is 3.23. The van der Waals surface area contributed by atoms with E-state index in [9.17, 15) is 4.79 Å². The second-order valence-electron chi connectivity index (χ2n) is 6.60. The molecule has 0 amide bonds. The van der Waals surface area contributed by atoms with Crippen LogP contribution in [0.1, 0.15) is 49.5 Å². The van der Waals surface area contributed by atoms with Gasteiger partial charge in [-0.1, -0.05) is 35.9 Å². The van der Waals surface area contributed by atoms with E-state index in [4.69, 9.17) is 25.8 Å². The van der Waals surface area contributed by atoms with E-state index in [0.29, 0.717) is 19.4 Å². The maximum atomic E-state index is 11.2. The summed E-state index contributed by atoms with van der Waals surface area (Å²) in [5, 5.41) is 0.726. The summed E-state index contributed by atoms with van der Waals surface area (Å²) < 4.78 is 16.6. The molecule has 6 heteroatoms. The van der Waals surface area contributed by atoms with Crippen molar-refractivity contribution in [1.29, 1.82) is 0 Å². The first-order chi connectivity index (χ1) is 13.0. The Bertz CT molecular complexity index is 779. The minimum Gasteiger partial charge on any atom is -0.546 e. The Kier molecular flexibility index (Phi) is 10.4. The van der Waals surface area contributed by atoms with Gasteiger partial charge in [-0.2, -0.15) is 0 Å². The SMILES string of the molecule is CCOc1ccc(Cc2cc([C@H]3CC(OC(C)=O)C[CH-]O3)ccc2Cl)cc1.[Cs+]. The Hall–Kier alpha value is 0.0119. The molecule has 0 saturated carbocycles. The van der Waals surface area contributed by atoms with Crippen LogP contribution in [0, 0.1) is 6.61 Å². The zero-order valence-corrected chi connectivity index (χ0v) is 23.6. The normalized spacial score (nSPS) is 18.8. The molecule has 1 fully saturated rings. The molecule has 1 unspecified atom stereocenters. The largest absolute Gasteiger partial charge is 1.00 e. The molecule has 144 valence electrons.